The fraction of sp³-hybridized carbons (Fsp3) is 0.542. The molecule has 0 saturated heterocycles. The Morgan fingerprint density at radius 3 is 2.55 bits per heavy atom. The Morgan fingerprint density at radius 2 is 1.90 bits per heavy atom. The molecule has 0 aliphatic heterocycles. The molecule has 1 aliphatic rings. The van der Waals surface area contributed by atoms with E-state index in [4.69, 9.17) is 14.0 Å². The molecule has 1 aromatic carbocycles. The van der Waals surface area contributed by atoms with Gasteiger partial charge in [0.15, 0.2) is 6.10 Å². The van der Waals surface area contributed by atoms with Crippen molar-refractivity contribution in [1.82, 2.24) is 10.5 Å². The minimum Gasteiger partial charge on any atom is -0.489 e. The Labute approximate surface area is 183 Å². The lowest BCUT2D eigenvalue weighted by Gasteiger charge is -2.35. The van der Waals surface area contributed by atoms with Crippen molar-refractivity contribution in [2.75, 3.05) is 0 Å². The first kappa shape index (κ1) is 22.8. The van der Waals surface area contributed by atoms with E-state index in [0.717, 1.165) is 29.9 Å². The van der Waals surface area contributed by atoms with Crippen molar-refractivity contribution < 1.29 is 23.6 Å². The molecular weight excluding hydrogens is 396 g/mol. The topological polar surface area (TPSA) is 90.7 Å². The molecule has 1 saturated carbocycles. The average Bonchev–Trinajstić information content (AvgIpc) is 3.07. The molecule has 0 unspecified atom stereocenters. The monoisotopic (exact) mass is 428 g/mol. The van der Waals surface area contributed by atoms with Gasteiger partial charge in [-0.1, -0.05) is 31.8 Å². The number of ether oxygens (including phenoxy) is 2. The van der Waals surface area contributed by atoms with Crippen LogP contribution in [0.5, 0.6) is 5.75 Å². The predicted octanol–water partition coefficient (Wildman–Crippen LogP) is 4.36. The largest absolute Gasteiger partial charge is 0.489 e. The third-order valence-electron chi connectivity index (χ3n) is 6.34. The first-order chi connectivity index (χ1) is 14.8. The number of amides is 1. The lowest BCUT2D eigenvalue weighted by molar-refractivity contribution is -0.130. The van der Waals surface area contributed by atoms with E-state index in [1.165, 1.54) is 6.42 Å². The number of hydrogen-bond acceptors (Lipinski definition) is 6. The van der Waals surface area contributed by atoms with E-state index in [-0.39, 0.29) is 11.9 Å². The van der Waals surface area contributed by atoms with Crippen molar-refractivity contribution in [1.29, 1.82) is 0 Å². The quantitative estimate of drug-likeness (QED) is 0.659. The summed E-state index contributed by atoms with van der Waals surface area (Å²) in [5, 5.41) is 6.96. The molecule has 1 amide bonds. The average molecular weight is 429 g/mol. The van der Waals surface area contributed by atoms with Gasteiger partial charge in [-0.15, -0.1) is 0 Å². The third kappa shape index (κ3) is 5.66. The van der Waals surface area contributed by atoms with Gasteiger partial charge in [0.05, 0.1) is 16.8 Å². The molecule has 3 rings (SSSR count). The van der Waals surface area contributed by atoms with Gasteiger partial charge in [0.2, 0.25) is 0 Å². The summed E-state index contributed by atoms with van der Waals surface area (Å²) in [6.45, 7) is 10.0. The zero-order valence-corrected chi connectivity index (χ0v) is 18.9. The van der Waals surface area contributed by atoms with Crippen LogP contribution in [0.4, 0.5) is 0 Å². The molecule has 0 radical (unpaired) electrons. The molecule has 1 aliphatic carbocycles. The Morgan fingerprint density at radius 1 is 1.19 bits per heavy atom. The Balaban J connectivity index is 1.51. The van der Waals surface area contributed by atoms with E-state index < -0.39 is 12.1 Å². The number of esters is 1. The summed E-state index contributed by atoms with van der Waals surface area (Å²) in [6, 6.07) is 6.78. The Kier molecular flexibility index (Phi) is 7.36. The minimum absolute atomic E-state index is 0.131. The summed E-state index contributed by atoms with van der Waals surface area (Å²) >= 11 is 0. The van der Waals surface area contributed by atoms with Crippen molar-refractivity contribution in [3.8, 4) is 5.75 Å². The minimum atomic E-state index is -0.854. The van der Waals surface area contributed by atoms with Crippen LogP contribution in [0.1, 0.15) is 67.4 Å². The maximum atomic E-state index is 12.5. The van der Waals surface area contributed by atoms with Crippen LogP contribution >= 0.6 is 0 Å². The van der Waals surface area contributed by atoms with Crippen molar-refractivity contribution in [3.05, 3.63) is 46.8 Å². The van der Waals surface area contributed by atoms with Gasteiger partial charge in [0, 0.05) is 6.04 Å². The van der Waals surface area contributed by atoms with Gasteiger partial charge in [-0.2, -0.15) is 0 Å². The van der Waals surface area contributed by atoms with Crippen molar-refractivity contribution in [2.45, 2.75) is 72.6 Å². The van der Waals surface area contributed by atoms with Crippen molar-refractivity contribution in [2.24, 2.45) is 11.8 Å². The maximum Gasteiger partial charge on any atom is 0.338 e. The zero-order chi connectivity index (χ0) is 22.5. The molecule has 0 spiro atoms. The molecule has 4 atom stereocenters. The second kappa shape index (κ2) is 9.98. The van der Waals surface area contributed by atoms with Crippen LogP contribution in [-0.2, 0) is 16.1 Å². The lowest BCUT2D eigenvalue weighted by atomic mass is 9.78. The molecule has 0 bridgehead atoms. The summed E-state index contributed by atoms with van der Waals surface area (Å²) in [5.41, 5.74) is 2.07. The maximum absolute atomic E-state index is 12.5. The number of rotatable bonds is 7. The van der Waals surface area contributed by atoms with E-state index in [1.54, 1.807) is 31.2 Å². The normalized spacial score (nSPS) is 21.9. The first-order valence-electron chi connectivity index (χ1n) is 10.9. The molecule has 1 heterocycles. The summed E-state index contributed by atoms with van der Waals surface area (Å²) in [5.74, 6) is 1.54. The summed E-state index contributed by atoms with van der Waals surface area (Å²) < 4.78 is 16.3. The second-order valence-corrected chi connectivity index (χ2v) is 8.55. The number of aryl methyl sites for hydroxylation is 2. The van der Waals surface area contributed by atoms with Gasteiger partial charge in [0.25, 0.3) is 5.91 Å². The van der Waals surface area contributed by atoms with Crippen molar-refractivity contribution in [3.63, 3.8) is 0 Å². The van der Waals surface area contributed by atoms with Crippen LogP contribution in [0.2, 0.25) is 0 Å². The molecule has 168 valence electrons. The highest BCUT2D eigenvalue weighted by molar-refractivity contribution is 5.92. The molecule has 7 heteroatoms. The molecule has 7 nitrogen and oxygen atoms in total. The molecular formula is C24H32N2O5. The summed E-state index contributed by atoms with van der Waals surface area (Å²) in [7, 11) is 0. The highest BCUT2D eigenvalue weighted by atomic mass is 16.5. The van der Waals surface area contributed by atoms with E-state index >= 15 is 0 Å². The first-order valence-corrected chi connectivity index (χ1v) is 10.9. The highest BCUT2D eigenvalue weighted by Crippen LogP contribution is 2.29. The fourth-order valence-corrected chi connectivity index (χ4v) is 3.92. The molecule has 1 fully saturated rings. The molecule has 2 aromatic rings. The van der Waals surface area contributed by atoms with Crippen LogP contribution in [0.15, 0.2) is 28.8 Å². The number of aromatic nitrogens is 1. The zero-order valence-electron chi connectivity index (χ0n) is 18.9. The fourth-order valence-electron chi connectivity index (χ4n) is 3.92. The smallest absolute Gasteiger partial charge is 0.338 e. The second-order valence-electron chi connectivity index (χ2n) is 8.55. The third-order valence-corrected chi connectivity index (χ3v) is 6.34. The van der Waals surface area contributed by atoms with Crippen LogP contribution in [0, 0.1) is 25.7 Å². The predicted molar refractivity (Wildman–Crippen MR) is 116 cm³/mol. The SMILES string of the molecule is Cc1noc(C)c1COc1ccc(C(=O)O[C@H](C)C(=O)N[C@@H]2CCC[C@H](C)[C@@H]2C)cc1. The Bertz CT molecular complexity index is 886. The number of nitrogens with zero attached hydrogens (tertiary/aromatic N) is 1. The number of nitrogens with one attached hydrogen (secondary N) is 1. The van der Waals surface area contributed by atoms with E-state index in [9.17, 15) is 9.59 Å². The van der Waals surface area contributed by atoms with Crippen LogP contribution in [0.25, 0.3) is 0 Å². The number of benzene rings is 1. The van der Waals surface area contributed by atoms with Gasteiger partial charge in [0.1, 0.15) is 18.1 Å². The lowest BCUT2D eigenvalue weighted by Crippen LogP contribution is -2.47. The molecule has 31 heavy (non-hydrogen) atoms. The number of hydrogen-bond donors (Lipinski definition) is 1. The number of carbonyl (C=O) groups is 2. The Hall–Kier alpha value is -2.83. The van der Waals surface area contributed by atoms with Crippen LogP contribution in [-0.4, -0.2) is 29.2 Å². The van der Waals surface area contributed by atoms with Gasteiger partial charge >= 0.3 is 5.97 Å². The van der Waals surface area contributed by atoms with Crippen LogP contribution in [0.3, 0.4) is 0 Å². The highest BCUT2D eigenvalue weighted by Gasteiger charge is 2.30. The van der Waals surface area contributed by atoms with Gasteiger partial charge in [-0.25, -0.2) is 4.79 Å². The number of carbonyl (C=O) groups excluding carboxylic acids is 2. The van der Waals surface area contributed by atoms with Gasteiger partial charge < -0.3 is 19.3 Å². The van der Waals surface area contributed by atoms with Gasteiger partial charge in [-0.05, 0) is 63.3 Å². The summed E-state index contributed by atoms with van der Waals surface area (Å²) in [4.78, 5) is 25.0. The summed E-state index contributed by atoms with van der Waals surface area (Å²) in [6.07, 6.45) is 2.41. The van der Waals surface area contributed by atoms with Gasteiger partial charge in [-0.3, -0.25) is 4.79 Å². The molecule has 1 aromatic heterocycles. The van der Waals surface area contributed by atoms with Crippen molar-refractivity contribution >= 4 is 11.9 Å². The molecule has 1 N–H and O–H groups in total. The van der Waals surface area contributed by atoms with Crippen LogP contribution < -0.4 is 10.1 Å². The van der Waals surface area contributed by atoms with E-state index in [0.29, 0.717) is 29.8 Å². The van der Waals surface area contributed by atoms with E-state index in [2.05, 4.69) is 24.3 Å². The standard InChI is InChI=1S/C24H32N2O5/c1-14-7-6-8-22(15(14)2)25-23(27)18(5)30-24(28)19-9-11-20(12-10-19)29-13-21-16(3)26-31-17(21)4/h9-12,14-15,18,22H,6-8,13H2,1-5H3,(H,25,27)/t14-,15-,18+,22+/m0/s1. The van der Waals surface area contributed by atoms with E-state index in [1.807, 2.05) is 13.8 Å².